The SMILES string of the molecule is CC(C)n1cc(Br)cc1C(=O)NCC[C@H]1CCCN1.Cl. The van der Waals surface area contributed by atoms with Gasteiger partial charge in [-0.25, -0.2) is 0 Å². The molecule has 6 heteroatoms. The third kappa shape index (κ3) is 4.50. The van der Waals surface area contributed by atoms with Crippen molar-refractivity contribution in [2.45, 2.75) is 45.2 Å². The summed E-state index contributed by atoms with van der Waals surface area (Å²) in [5.74, 6) is 0.0115. The van der Waals surface area contributed by atoms with Crippen LogP contribution in [0.25, 0.3) is 0 Å². The molecule has 2 rings (SSSR count). The predicted octanol–water partition coefficient (Wildman–Crippen LogP) is 3.13. The van der Waals surface area contributed by atoms with Gasteiger partial charge in [-0.15, -0.1) is 12.4 Å². The van der Waals surface area contributed by atoms with Crippen LogP contribution in [-0.2, 0) is 0 Å². The lowest BCUT2D eigenvalue weighted by Gasteiger charge is -2.14. The van der Waals surface area contributed by atoms with E-state index in [1.54, 1.807) is 0 Å². The van der Waals surface area contributed by atoms with Crippen molar-refractivity contribution >= 4 is 34.2 Å². The number of nitrogens with one attached hydrogen (secondary N) is 2. The van der Waals surface area contributed by atoms with Crippen LogP contribution in [0.4, 0.5) is 0 Å². The van der Waals surface area contributed by atoms with Gasteiger partial charge in [-0.05, 0) is 61.7 Å². The molecular weight excluding hydrogens is 342 g/mol. The fraction of sp³-hybridized carbons (Fsp3) is 0.643. The Balaban J connectivity index is 0.00000200. The molecule has 1 fully saturated rings. The summed E-state index contributed by atoms with van der Waals surface area (Å²) in [6, 6.07) is 2.73. The molecule has 1 aliphatic rings. The minimum Gasteiger partial charge on any atom is -0.351 e. The van der Waals surface area contributed by atoms with Gasteiger partial charge in [0, 0.05) is 29.3 Å². The van der Waals surface area contributed by atoms with Gasteiger partial charge in [0.05, 0.1) is 0 Å². The second-order valence-corrected chi connectivity index (χ2v) is 6.30. The molecule has 2 N–H and O–H groups in total. The van der Waals surface area contributed by atoms with Crippen LogP contribution in [0.5, 0.6) is 0 Å². The minimum atomic E-state index is 0. The first-order valence-electron chi connectivity index (χ1n) is 6.97. The van der Waals surface area contributed by atoms with Crippen molar-refractivity contribution in [1.82, 2.24) is 15.2 Å². The van der Waals surface area contributed by atoms with Gasteiger partial charge in [-0.2, -0.15) is 0 Å². The van der Waals surface area contributed by atoms with Crippen LogP contribution in [0.2, 0.25) is 0 Å². The molecule has 4 nitrogen and oxygen atoms in total. The molecule has 0 saturated carbocycles. The smallest absolute Gasteiger partial charge is 0.267 e. The van der Waals surface area contributed by atoms with Crippen LogP contribution in [0.3, 0.4) is 0 Å². The lowest BCUT2D eigenvalue weighted by molar-refractivity contribution is 0.0941. The quantitative estimate of drug-likeness (QED) is 0.843. The van der Waals surface area contributed by atoms with E-state index in [4.69, 9.17) is 0 Å². The van der Waals surface area contributed by atoms with E-state index in [0.717, 1.165) is 29.7 Å². The Labute approximate surface area is 135 Å². The van der Waals surface area contributed by atoms with Crippen LogP contribution >= 0.6 is 28.3 Å². The fourth-order valence-electron chi connectivity index (χ4n) is 2.51. The van der Waals surface area contributed by atoms with Crippen molar-refractivity contribution in [2.24, 2.45) is 0 Å². The normalized spacial score (nSPS) is 18.1. The largest absolute Gasteiger partial charge is 0.351 e. The Kier molecular flexibility index (Phi) is 7.06. The number of aromatic nitrogens is 1. The number of amides is 1. The molecule has 1 aliphatic heterocycles. The molecule has 1 saturated heterocycles. The van der Waals surface area contributed by atoms with Crippen molar-refractivity contribution in [3.8, 4) is 0 Å². The molecule has 20 heavy (non-hydrogen) atoms. The number of rotatable bonds is 5. The molecule has 0 aliphatic carbocycles. The lowest BCUT2D eigenvalue weighted by Crippen LogP contribution is -2.31. The average molecular weight is 365 g/mol. The van der Waals surface area contributed by atoms with Gasteiger partial charge in [0.25, 0.3) is 5.91 Å². The Morgan fingerprint density at radius 2 is 2.35 bits per heavy atom. The first-order valence-corrected chi connectivity index (χ1v) is 7.76. The lowest BCUT2D eigenvalue weighted by atomic mass is 10.1. The van der Waals surface area contributed by atoms with E-state index in [1.165, 1.54) is 12.8 Å². The molecule has 2 heterocycles. The van der Waals surface area contributed by atoms with Crippen LogP contribution in [0.15, 0.2) is 16.7 Å². The standard InChI is InChI=1S/C14H22BrN3O.ClH/c1-10(2)18-9-11(15)8-13(18)14(19)17-7-5-12-4-3-6-16-12;/h8-10,12,16H,3-7H2,1-2H3,(H,17,19);1H/t12-;/m1./s1. The number of nitrogens with zero attached hydrogens (tertiary/aromatic N) is 1. The third-order valence-electron chi connectivity index (χ3n) is 3.54. The molecule has 0 aromatic carbocycles. The number of carbonyl (C=O) groups is 1. The maximum absolute atomic E-state index is 12.2. The topological polar surface area (TPSA) is 46.1 Å². The molecule has 1 amide bonds. The molecule has 1 atom stereocenters. The summed E-state index contributed by atoms with van der Waals surface area (Å²) in [6.07, 6.45) is 5.44. The van der Waals surface area contributed by atoms with Crippen LogP contribution in [-0.4, -0.2) is 29.6 Å². The first kappa shape index (κ1) is 17.5. The van der Waals surface area contributed by atoms with E-state index in [2.05, 4.69) is 40.4 Å². The van der Waals surface area contributed by atoms with Gasteiger partial charge < -0.3 is 15.2 Å². The van der Waals surface area contributed by atoms with E-state index in [0.29, 0.717) is 6.04 Å². The first-order chi connectivity index (χ1) is 9.08. The van der Waals surface area contributed by atoms with Gasteiger partial charge in [0.2, 0.25) is 0 Å². The fourth-order valence-corrected chi connectivity index (χ4v) is 2.95. The van der Waals surface area contributed by atoms with Gasteiger partial charge in [-0.3, -0.25) is 4.79 Å². The summed E-state index contributed by atoms with van der Waals surface area (Å²) >= 11 is 3.43. The third-order valence-corrected chi connectivity index (χ3v) is 3.98. The Morgan fingerprint density at radius 3 is 2.95 bits per heavy atom. The zero-order valence-corrected chi connectivity index (χ0v) is 14.4. The Hall–Kier alpha value is -0.520. The summed E-state index contributed by atoms with van der Waals surface area (Å²) in [5, 5.41) is 6.45. The highest BCUT2D eigenvalue weighted by atomic mass is 79.9. The molecule has 0 spiro atoms. The maximum atomic E-state index is 12.2. The maximum Gasteiger partial charge on any atom is 0.267 e. The number of halogens is 2. The van der Waals surface area contributed by atoms with Crippen LogP contribution in [0, 0.1) is 0 Å². The summed E-state index contributed by atoms with van der Waals surface area (Å²) in [5.41, 5.74) is 0.723. The van der Waals surface area contributed by atoms with Gasteiger partial charge >= 0.3 is 0 Å². The van der Waals surface area contributed by atoms with Gasteiger partial charge in [-0.1, -0.05) is 0 Å². The van der Waals surface area contributed by atoms with Gasteiger partial charge in [0.15, 0.2) is 0 Å². The van der Waals surface area contributed by atoms with Crippen molar-refractivity contribution in [2.75, 3.05) is 13.1 Å². The summed E-state index contributed by atoms with van der Waals surface area (Å²) < 4.78 is 2.94. The van der Waals surface area contributed by atoms with Crippen molar-refractivity contribution in [3.05, 3.63) is 22.4 Å². The second kappa shape index (κ2) is 8.05. The second-order valence-electron chi connectivity index (χ2n) is 5.38. The number of hydrogen-bond donors (Lipinski definition) is 2. The molecular formula is C14H23BrClN3O. The average Bonchev–Trinajstić information content (AvgIpc) is 2.98. The molecule has 1 aromatic rings. The monoisotopic (exact) mass is 363 g/mol. The van der Waals surface area contributed by atoms with E-state index in [1.807, 2.05) is 16.8 Å². The molecule has 0 radical (unpaired) electrons. The summed E-state index contributed by atoms with van der Waals surface area (Å²) in [4.78, 5) is 12.2. The van der Waals surface area contributed by atoms with E-state index in [-0.39, 0.29) is 24.4 Å². The molecule has 1 aromatic heterocycles. The van der Waals surface area contributed by atoms with E-state index < -0.39 is 0 Å². The highest BCUT2D eigenvalue weighted by Crippen LogP contribution is 2.19. The number of hydrogen-bond acceptors (Lipinski definition) is 2. The Bertz CT molecular complexity index is 442. The molecule has 0 unspecified atom stereocenters. The van der Waals surface area contributed by atoms with E-state index in [9.17, 15) is 4.79 Å². The predicted molar refractivity (Wildman–Crippen MR) is 87.7 cm³/mol. The molecule has 114 valence electrons. The molecule has 0 bridgehead atoms. The highest BCUT2D eigenvalue weighted by molar-refractivity contribution is 9.10. The van der Waals surface area contributed by atoms with Crippen molar-refractivity contribution in [1.29, 1.82) is 0 Å². The minimum absolute atomic E-state index is 0. The number of carbonyl (C=O) groups excluding carboxylic acids is 1. The summed E-state index contributed by atoms with van der Waals surface area (Å²) in [6.45, 7) is 6.00. The zero-order valence-electron chi connectivity index (χ0n) is 12.0. The van der Waals surface area contributed by atoms with Gasteiger partial charge in [0.1, 0.15) is 5.69 Å². The van der Waals surface area contributed by atoms with Crippen LogP contribution in [0.1, 0.15) is 49.6 Å². The summed E-state index contributed by atoms with van der Waals surface area (Å²) in [7, 11) is 0. The highest BCUT2D eigenvalue weighted by Gasteiger charge is 2.16. The Morgan fingerprint density at radius 1 is 1.60 bits per heavy atom. The zero-order chi connectivity index (χ0) is 13.8. The van der Waals surface area contributed by atoms with E-state index >= 15 is 0 Å². The van der Waals surface area contributed by atoms with Crippen molar-refractivity contribution < 1.29 is 4.79 Å². The van der Waals surface area contributed by atoms with Crippen LogP contribution < -0.4 is 10.6 Å². The van der Waals surface area contributed by atoms with Crippen molar-refractivity contribution in [3.63, 3.8) is 0 Å².